The summed E-state index contributed by atoms with van der Waals surface area (Å²) < 4.78 is 6.76. The lowest BCUT2D eigenvalue weighted by Gasteiger charge is -2.24. The quantitative estimate of drug-likeness (QED) is 0.527. The lowest BCUT2D eigenvalue weighted by atomic mass is 10.1. The fraction of sp³-hybridized carbons (Fsp3) is 0.538. The molecule has 0 heterocycles. The minimum absolute atomic E-state index is 0. The Labute approximate surface area is 116 Å². The van der Waals surface area contributed by atoms with Crippen LogP contribution in [-0.4, -0.2) is 38.8 Å². The Kier molecular flexibility index (Phi) is 6.33. The Morgan fingerprint density at radius 3 is 2.00 bits per heavy atom. The van der Waals surface area contributed by atoms with Crippen molar-refractivity contribution in [2.75, 3.05) is 34.3 Å². The van der Waals surface area contributed by atoms with Crippen LogP contribution in [0.15, 0.2) is 18.2 Å². The van der Waals surface area contributed by atoms with E-state index in [0.717, 1.165) is 23.4 Å². The summed E-state index contributed by atoms with van der Waals surface area (Å²) in [6, 6.07) is 6.25. The van der Waals surface area contributed by atoms with Crippen molar-refractivity contribution < 1.29 is 33.2 Å². The highest BCUT2D eigenvalue weighted by molar-refractivity contribution is 5.39. The normalized spacial score (nSPS) is 10.8. The number of likely N-dealkylation sites (N-methyl/N-ethyl adjacent to an activating group) is 1. The van der Waals surface area contributed by atoms with Crippen molar-refractivity contribution in [1.29, 1.82) is 0 Å². The molecule has 16 heavy (non-hydrogen) atoms. The van der Waals surface area contributed by atoms with Crippen LogP contribution in [0, 0.1) is 13.8 Å². The van der Waals surface area contributed by atoms with Gasteiger partial charge in [-0.25, -0.2) is 0 Å². The van der Waals surface area contributed by atoms with Gasteiger partial charge in [0.05, 0.1) is 21.1 Å². The third-order valence-corrected chi connectivity index (χ3v) is 2.42. The summed E-state index contributed by atoms with van der Waals surface area (Å²) in [6.07, 6.45) is 0. The smallest absolute Gasteiger partial charge is 0.137 e. The van der Waals surface area contributed by atoms with E-state index in [-0.39, 0.29) is 24.0 Å². The Morgan fingerprint density at radius 1 is 1.06 bits per heavy atom. The zero-order valence-electron chi connectivity index (χ0n) is 10.9. The SMILES string of the molecule is Cc1cccc(C)c1OCC[N+](C)(C)C.[I-]. The molecule has 0 saturated carbocycles. The molecule has 0 bridgehead atoms. The van der Waals surface area contributed by atoms with Gasteiger partial charge in [0.25, 0.3) is 0 Å². The van der Waals surface area contributed by atoms with Crippen LogP contribution in [0.1, 0.15) is 11.1 Å². The molecular weight excluding hydrogens is 313 g/mol. The summed E-state index contributed by atoms with van der Waals surface area (Å²) in [5, 5.41) is 0. The van der Waals surface area contributed by atoms with Gasteiger partial charge in [-0.05, 0) is 25.0 Å². The number of hydrogen-bond donors (Lipinski definition) is 0. The molecule has 0 unspecified atom stereocenters. The fourth-order valence-electron chi connectivity index (χ4n) is 1.45. The third-order valence-electron chi connectivity index (χ3n) is 2.42. The first-order valence-electron chi connectivity index (χ1n) is 5.39. The van der Waals surface area contributed by atoms with Gasteiger partial charge >= 0.3 is 0 Å². The van der Waals surface area contributed by atoms with Gasteiger partial charge in [0.15, 0.2) is 0 Å². The summed E-state index contributed by atoms with van der Waals surface area (Å²) >= 11 is 0. The molecule has 0 spiro atoms. The van der Waals surface area contributed by atoms with Crippen LogP contribution in [0.3, 0.4) is 0 Å². The molecule has 2 nitrogen and oxygen atoms in total. The molecule has 0 aliphatic rings. The van der Waals surface area contributed by atoms with Crippen LogP contribution < -0.4 is 28.7 Å². The first kappa shape index (κ1) is 15.7. The number of hydrogen-bond acceptors (Lipinski definition) is 1. The van der Waals surface area contributed by atoms with E-state index in [1.54, 1.807) is 0 Å². The average Bonchev–Trinajstić information content (AvgIpc) is 2.08. The molecule has 0 amide bonds. The second-order valence-electron chi connectivity index (χ2n) is 5.08. The molecule has 0 aromatic heterocycles. The maximum absolute atomic E-state index is 5.83. The van der Waals surface area contributed by atoms with Crippen LogP contribution >= 0.6 is 0 Å². The lowest BCUT2D eigenvalue weighted by molar-refractivity contribution is -0.870. The van der Waals surface area contributed by atoms with Gasteiger partial charge in [-0.15, -0.1) is 0 Å². The van der Waals surface area contributed by atoms with Crippen LogP contribution in [-0.2, 0) is 0 Å². The fourth-order valence-corrected chi connectivity index (χ4v) is 1.45. The van der Waals surface area contributed by atoms with Crippen LogP contribution in [0.4, 0.5) is 0 Å². The van der Waals surface area contributed by atoms with E-state index >= 15 is 0 Å². The molecule has 1 aromatic rings. The van der Waals surface area contributed by atoms with Crippen molar-refractivity contribution in [2.45, 2.75) is 13.8 Å². The lowest BCUT2D eigenvalue weighted by Crippen LogP contribution is -3.00. The van der Waals surface area contributed by atoms with Crippen LogP contribution in [0.2, 0.25) is 0 Å². The highest BCUT2D eigenvalue weighted by Gasteiger charge is 2.08. The van der Waals surface area contributed by atoms with Gasteiger partial charge in [0, 0.05) is 0 Å². The van der Waals surface area contributed by atoms with E-state index in [1.807, 2.05) is 0 Å². The number of rotatable bonds is 4. The number of halogens is 1. The molecular formula is C13H22INO. The average molecular weight is 335 g/mol. The van der Waals surface area contributed by atoms with Gasteiger partial charge in [-0.2, -0.15) is 0 Å². The number of aryl methyl sites for hydroxylation is 2. The summed E-state index contributed by atoms with van der Waals surface area (Å²) in [5.74, 6) is 1.05. The highest BCUT2D eigenvalue weighted by Crippen LogP contribution is 2.22. The molecule has 0 aliphatic carbocycles. The number of nitrogens with zero attached hydrogens (tertiary/aromatic N) is 1. The largest absolute Gasteiger partial charge is 1.00 e. The van der Waals surface area contributed by atoms with E-state index in [4.69, 9.17) is 4.74 Å². The Bertz CT molecular complexity index is 311. The van der Waals surface area contributed by atoms with E-state index in [2.05, 4.69) is 53.2 Å². The zero-order valence-corrected chi connectivity index (χ0v) is 13.0. The molecule has 3 heteroatoms. The topological polar surface area (TPSA) is 9.23 Å². The number of ether oxygens (including phenoxy) is 1. The van der Waals surface area contributed by atoms with Crippen LogP contribution in [0.5, 0.6) is 5.75 Å². The van der Waals surface area contributed by atoms with Crippen molar-refractivity contribution in [3.05, 3.63) is 29.3 Å². The minimum Gasteiger partial charge on any atom is -1.00 e. The number of quaternary nitrogens is 1. The standard InChI is InChI=1S/C13H22NO.HI/c1-11-7-6-8-12(2)13(11)15-10-9-14(3,4)5;/h6-8H,9-10H2,1-5H3;1H/q+1;/p-1. The van der Waals surface area contributed by atoms with E-state index in [1.165, 1.54) is 11.1 Å². The Morgan fingerprint density at radius 2 is 1.56 bits per heavy atom. The van der Waals surface area contributed by atoms with E-state index in [9.17, 15) is 0 Å². The monoisotopic (exact) mass is 335 g/mol. The molecule has 0 aliphatic heterocycles. The molecule has 0 atom stereocenters. The van der Waals surface area contributed by atoms with Crippen molar-refractivity contribution in [1.82, 2.24) is 0 Å². The summed E-state index contributed by atoms with van der Waals surface area (Å²) in [6.45, 7) is 5.98. The molecule has 1 rings (SSSR count). The molecule has 0 N–H and O–H groups in total. The van der Waals surface area contributed by atoms with Gasteiger partial charge in [0.2, 0.25) is 0 Å². The highest BCUT2D eigenvalue weighted by atomic mass is 127. The van der Waals surface area contributed by atoms with E-state index in [0.29, 0.717) is 0 Å². The van der Waals surface area contributed by atoms with Gasteiger partial charge in [-0.3, -0.25) is 0 Å². The molecule has 0 saturated heterocycles. The van der Waals surface area contributed by atoms with Crippen molar-refractivity contribution in [3.63, 3.8) is 0 Å². The number of para-hydroxylation sites is 1. The number of benzene rings is 1. The maximum atomic E-state index is 5.83. The Balaban J connectivity index is 0.00000225. The predicted octanol–water partition coefficient (Wildman–Crippen LogP) is -0.608. The second-order valence-corrected chi connectivity index (χ2v) is 5.08. The van der Waals surface area contributed by atoms with E-state index < -0.39 is 0 Å². The van der Waals surface area contributed by atoms with Crippen molar-refractivity contribution in [3.8, 4) is 5.75 Å². The predicted molar refractivity (Wildman–Crippen MR) is 64.3 cm³/mol. The van der Waals surface area contributed by atoms with Crippen molar-refractivity contribution in [2.24, 2.45) is 0 Å². The first-order chi connectivity index (χ1) is 6.90. The van der Waals surface area contributed by atoms with Crippen LogP contribution in [0.25, 0.3) is 0 Å². The Hall–Kier alpha value is -0.290. The minimum atomic E-state index is 0. The van der Waals surface area contributed by atoms with Crippen molar-refractivity contribution >= 4 is 0 Å². The molecule has 0 radical (unpaired) electrons. The van der Waals surface area contributed by atoms with Gasteiger partial charge < -0.3 is 33.2 Å². The molecule has 1 aromatic carbocycles. The summed E-state index contributed by atoms with van der Waals surface area (Å²) in [5.41, 5.74) is 2.44. The first-order valence-corrected chi connectivity index (χ1v) is 5.39. The molecule has 92 valence electrons. The second kappa shape index (κ2) is 6.45. The van der Waals surface area contributed by atoms with Gasteiger partial charge in [-0.1, -0.05) is 18.2 Å². The van der Waals surface area contributed by atoms with Gasteiger partial charge in [0.1, 0.15) is 18.9 Å². The summed E-state index contributed by atoms with van der Waals surface area (Å²) in [4.78, 5) is 0. The maximum Gasteiger partial charge on any atom is 0.137 e. The zero-order chi connectivity index (χ0) is 11.5. The third kappa shape index (κ3) is 5.16. The summed E-state index contributed by atoms with van der Waals surface area (Å²) in [7, 11) is 6.52. The molecule has 0 fully saturated rings.